The molecular weight excluding hydrogens is 276 g/mol. The summed E-state index contributed by atoms with van der Waals surface area (Å²) in [6, 6.07) is 6.00. The Morgan fingerprint density at radius 2 is 1.95 bits per heavy atom. The van der Waals surface area contributed by atoms with Crippen LogP contribution in [0.2, 0.25) is 0 Å². The molecule has 0 aromatic heterocycles. The summed E-state index contributed by atoms with van der Waals surface area (Å²) in [6.45, 7) is 3.19. The molecule has 0 amide bonds. The Morgan fingerprint density at radius 1 is 1.30 bits per heavy atom. The molecule has 1 atom stereocenters. The first-order valence-electron chi connectivity index (χ1n) is 6.70. The van der Waals surface area contributed by atoms with Gasteiger partial charge in [0.1, 0.15) is 0 Å². The van der Waals surface area contributed by atoms with Crippen LogP contribution in [0.3, 0.4) is 0 Å². The van der Waals surface area contributed by atoms with Gasteiger partial charge in [-0.25, -0.2) is 13.1 Å². The van der Waals surface area contributed by atoms with Crippen molar-refractivity contribution in [3.8, 4) is 0 Å². The summed E-state index contributed by atoms with van der Waals surface area (Å²) in [7, 11) is -1.53. The Hall–Kier alpha value is -1.24. The Bertz CT molecular complexity index is 581. The van der Waals surface area contributed by atoms with E-state index in [1.54, 1.807) is 12.1 Å². The first-order chi connectivity index (χ1) is 9.38. The van der Waals surface area contributed by atoms with Crippen LogP contribution in [0.5, 0.6) is 0 Å². The Labute approximate surface area is 120 Å². The number of likely N-dealkylation sites (tertiary alicyclic amines) is 1. The second-order valence-corrected chi connectivity index (χ2v) is 7.02. The van der Waals surface area contributed by atoms with E-state index in [1.165, 1.54) is 19.1 Å². The molecule has 1 aliphatic rings. The van der Waals surface area contributed by atoms with Gasteiger partial charge < -0.3 is 4.90 Å². The van der Waals surface area contributed by atoms with Crippen LogP contribution in [0, 0.1) is 0 Å². The smallest absolute Gasteiger partial charge is 0.240 e. The number of Topliss-reactive ketones (excluding diaryl/α,β-unsaturated/α-hetero) is 1. The van der Waals surface area contributed by atoms with E-state index in [0.29, 0.717) is 5.56 Å². The van der Waals surface area contributed by atoms with Gasteiger partial charge in [-0.3, -0.25) is 4.79 Å². The minimum atomic E-state index is -3.51. The van der Waals surface area contributed by atoms with Crippen molar-refractivity contribution in [2.75, 3.05) is 20.1 Å². The number of rotatable bonds is 4. The lowest BCUT2D eigenvalue weighted by Gasteiger charge is -2.29. The number of ketones is 1. The fourth-order valence-electron chi connectivity index (χ4n) is 2.42. The summed E-state index contributed by atoms with van der Waals surface area (Å²) in [4.78, 5) is 13.5. The van der Waals surface area contributed by atoms with Gasteiger partial charge in [0.15, 0.2) is 5.78 Å². The fraction of sp³-hybridized carbons (Fsp3) is 0.500. The van der Waals surface area contributed by atoms with Crippen LogP contribution < -0.4 is 4.72 Å². The van der Waals surface area contributed by atoms with Crippen molar-refractivity contribution in [1.82, 2.24) is 9.62 Å². The highest BCUT2D eigenvalue weighted by Gasteiger charge is 2.23. The molecule has 1 saturated heterocycles. The zero-order valence-electron chi connectivity index (χ0n) is 11.8. The molecule has 0 radical (unpaired) electrons. The van der Waals surface area contributed by atoms with Crippen LogP contribution in [0.4, 0.5) is 0 Å². The van der Waals surface area contributed by atoms with Gasteiger partial charge >= 0.3 is 0 Å². The molecule has 1 aromatic carbocycles. The van der Waals surface area contributed by atoms with Gasteiger partial charge in [-0.1, -0.05) is 12.1 Å². The topological polar surface area (TPSA) is 66.5 Å². The lowest BCUT2D eigenvalue weighted by Crippen LogP contribution is -2.46. The molecule has 6 heteroatoms. The quantitative estimate of drug-likeness (QED) is 0.850. The van der Waals surface area contributed by atoms with E-state index >= 15 is 0 Å². The van der Waals surface area contributed by atoms with Crippen molar-refractivity contribution >= 4 is 15.8 Å². The average Bonchev–Trinajstić information content (AvgIpc) is 2.38. The first kappa shape index (κ1) is 15.2. The highest BCUT2D eigenvalue weighted by atomic mass is 32.2. The van der Waals surface area contributed by atoms with Gasteiger partial charge in [0.25, 0.3) is 0 Å². The maximum absolute atomic E-state index is 12.3. The predicted molar refractivity (Wildman–Crippen MR) is 77.3 cm³/mol. The number of piperidine rings is 1. The molecule has 0 saturated carbocycles. The number of likely N-dealkylation sites (N-methyl/N-ethyl adjacent to an activating group) is 1. The third-order valence-corrected chi connectivity index (χ3v) is 5.05. The third kappa shape index (κ3) is 3.65. The van der Waals surface area contributed by atoms with Crippen LogP contribution in [0.25, 0.3) is 0 Å². The first-order valence-corrected chi connectivity index (χ1v) is 8.19. The fourth-order valence-corrected chi connectivity index (χ4v) is 3.68. The number of sulfonamides is 1. The Morgan fingerprint density at radius 3 is 2.50 bits per heavy atom. The Kier molecular flexibility index (Phi) is 4.57. The minimum Gasteiger partial charge on any atom is -0.305 e. The van der Waals surface area contributed by atoms with Crippen LogP contribution in [-0.4, -0.2) is 45.3 Å². The molecular formula is C14H20N2O3S. The van der Waals surface area contributed by atoms with E-state index < -0.39 is 10.0 Å². The van der Waals surface area contributed by atoms with Gasteiger partial charge in [0.2, 0.25) is 10.0 Å². The summed E-state index contributed by atoms with van der Waals surface area (Å²) in [6.07, 6.45) is 1.85. The number of carbonyl (C=O) groups is 1. The van der Waals surface area contributed by atoms with Crippen molar-refractivity contribution in [3.63, 3.8) is 0 Å². The van der Waals surface area contributed by atoms with Crippen molar-refractivity contribution in [1.29, 1.82) is 0 Å². The predicted octanol–water partition coefficient (Wildman–Crippen LogP) is 1.26. The molecule has 20 heavy (non-hydrogen) atoms. The molecule has 1 fully saturated rings. The van der Waals surface area contributed by atoms with E-state index in [-0.39, 0.29) is 16.7 Å². The molecule has 110 valence electrons. The van der Waals surface area contributed by atoms with Crippen LogP contribution >= 0.6 is 0 Å². The zero-order valence-corrected chi connectivity index (χ0v) is 12.6. The number of hydrogen-bond acceptors (Lipinski definition) is 4. The van der Waals surface area contributed by atoms with Crippen molar-refractivity contribution in [2.24, 2.45) is 0 Å². The molecule has 0 aliphatic carbocycles. The molecule has 0 spiro atoms. The number of nitrogens with zero attached hydrogens (tertiary/aromatic N) is 1. The summed E-state index contributed by atoms with van der Waals surface area (Å²) in [5.74, 6) is -0.0733. The van der Waals surface area contributed by atoms with Gasteiger partial charge in [0, 0.05) is 18.2 Å². The normalized spacial score (nSPS) is 20.8. The van der Waals surface area contributed by atoms with Gasteiger partial charge in [0.05, 0.1) is 4.90 Å². The molecule has 5 nitrogen and oxygen atoms in total. The second kappa shape index (κ2) is 6.03. The van der Waals surface area contributed by atoms with Gasteiger partial charge in [-0.15, -0.1) is 0 Å². The molecule has 1 aliphatic heterocycles. The molecule has 1 unspecified atom stereocenters. The van der Waals surface area contributed by atoms with Gasteiger partial charge in [-0.2, -0.15) is 0 Å². The lowest BCUT2D eigenvalue weighted by atomic mass is 10.1. The average molecular weight is 296 g/mol. The van der Waals surface area contributed by atoms with E-state index in [2.05, 4.69) is 9.62 Å². The molecule has 1 heterocycles. The molecule has 0 bridgehead atoms. The number of nitrogens with one attached hydrogen (secondary N) is 1. The number of benzene rings is 1. The van der Waals surface area contributed by atoms with E-state index in [4.69, 9.17) is 0 Å². The third-order valence-electron chi connectivity index (χ3n) is 3.52. The largest absolute Gasteiger partial charge is 0.305 e. The number of carbonyl (C=O) groups excluding carboxylic acids is 1. The highest BCUT2D eigenvalue weighted by Crippen LogP contribution is 2.15. The van der Waals surface area contributed by atoms with E-state index in [9.17, 15) is 13.2 Å². The van der Waals surface area contributed by atoms with Crippen molar-refractivity contribution in [3.05, 3.63) is 29.8 Å². The standard InChI is InChI=1S/C14H20N2O3S/c1-11(17)12-5-7-14(8-6-12)20(18,19)15-13-4-3-9-16(2)10-13/h5-8,13,15H,3-4,9-10H2,1-2H3. The maximum Gasteiger partial charge on any atom is 0.240 e. The monoisotopic (exact) mass is 296 g/mol. The van der Waals surface area contributed by atoms with Crippen LogP contribution in [0.15, 0.2) is 29.2 Å². The minimum absolute atomic E-state index is 0.0498. The van der Waals surface area contributed by atoms with Crippen LogP contribution in [0.1, 0.15) is 30.1 Å². The van der Waals surface area contributed by atoms with Crippen molar-refractivity contribution in [2.45, 2.75) is 30.7 Å². The highest BCUT2D eigenvalue weighted by molar-refractivity contribution is 7.89. The maximum atomic E-state index is 12.3. The Balaban J connectivity index is 2.11. The zero-order chi connectivity index (χ0) is 14.8. The summed E-state index contributed by atoms with van der Waals surface area (Å²) in [5.41, 5.74) is 0.515. The van der Waals surface area contributed by atoms with Crippen LogP contribution in [-0.2, 0) is 10.0 Å². The number of hydrogen-bond donors (Lipinski definition) is 1. The molecule has 1 N–H and O–H groups in total. The van der Waals surface area contributed by atoms with E-state index in [1.807, 2.05) is 7.05 Å². The second-order valence-electron chi connectivity index (χ2n) is 5.30. The van der Waals surface area contributed by atoms with E-state index in [0.717, 1.165) is 25.9 Å². The summed E-state index contributed by atoms with van der Waals surface area (Å²) >= 11 is 0. The van der Waals surface area contributed by atoms with Gasteiger partial charge in [-0.05, 0) is 45.5 Å². The molecule has 1 aromatic rings. The SMILES string of the molecule is CC(=O)c1ccc(S(=O)(=O)NC2CCCN(C)C2)cc1. The summed E-state index contributed by atoms with van der Waals surface area (Å²) in [5, 5.41) is 0. The summed E-state index contributed by atoms with van der Waals surface area (Å²) < 4.78 is 27.3. The lowest BCUT2D eigenvalue weighted by molar-refractivity contribution is 0.101. The van der Waals surface area contributed by atoms with Crippen molar-refractivity contribution < 1.29 is 13.2 Å². The molecule has 2 rings (SSSR count).